The lowest BCUT2D eigenvalue weighted by Crippen LogP contribution is -2.14. The first-order valence-corrected chi connectivity index (χ1v) is 7.16. The molecule has 1 aromatic heterocycles. The number of benzene rings is 1. The number of carboxylic acid groups (broad SMARTS) is 1. The highest BCUT2D eigenvalue weighted by Gasteiger charge is 2.10. The number of nitrogens with one attached hydrogen (secondary N) is 1. The summed E-state index contributed by atoms with van der Waals surface area (Å²) >= 11 is 1.76. The van der Waals surface area contributed by atoms with Crippen LogP contribution in [0, 0.1) is 0 Å². The van der Waals surface area contributed by atoms with Crippen molar-refractivity contribution in [2.45, 2.75) is 12.2 Å². The minimum Gasteiger partial charge on any atom is -0.478 e. The number of hydrogen-bond acceptors (Lipinski definition) is 5. The van der Waals surface area contributed by atoms with Gasteiger partial charge in [0.1, 0.15) is 0 Å². The number of carboxylic acids is 1. The van der Waals surface area contributed by atoms with Gasteiger partial charge in [-0.3, -0.25) is 0 Å². The molecule has 5 nitrogen and oxygen atoms in total. The maximum atomic E-state index is 11.1. The van der Waals surface area contributed by atoms with Gasteiger partial charge in [-0.1, -0.05) is 13.0 Å². The summed E-state index contributed by atoms with van der Waals surface area (Å²) in [7, 11) is 0. The summed E-state index contributed by atoms with van der Waals surface area (Å²) in [6, 6.07) is 5.02. The first kappa shape index (κ1) is 13.6. The van der Waals surface area contributed by atoms with E-state index in [9.17, 15) is 4.79 Å². The SMILES string of the molecule is CSC(C)CNc1ncc2c(C(=O)O)cccc2n1. The van der Waals surface area contributed by atoms with Gasteiger partial charge in [0.15, 0.2) is 0 Å². The molecule has 0 aliphatic carbocycles. The normalized spacial score (nSPS) is 12.3. The Labute approximate surface area is 115 Å². The van der Waals surface area contributed by atoms with Crippen molar-refractivity contribution in [2.24, 2.45) is 0 Å². The lowest BCUT2D eigenvalue weighted by atomic mass is 10.1. The average molecular weight is 277 g/mol. The van der Waals surface area contributed by atoms with Gasteiger partial charge >= 0.3 is 5.97 Å². The molecule has 0 fully saturated rings. The highest BCUT2D eigenvalue weighted by atomic mass is 32.2. The standard InChI is InChI=1S/C13H15N3O2S/c1-8(19-2)6-14-13-15-7-10-9(12(17)18)4-3-5-11(10)16-13/h3-5,7-8H,6H2,1-2H3,(H,17,18)(H,14,15,16). The van der Waals surface area contributed by atoms with Gasteiger partial charge in [-0.25, -0.2) is 14.8 Å². The molecular weight excluding hydrogens is 262 g/mol. The zero-order chi connectivity index (χ0) is 13.8. The second-order valence-electron chi connectivity index (χ2n) is 4.16. The lowest BCUT2D eigenvalue weighted by Gasteiger charge is -2.10. The fourth-order valence-electron chi connectivity index (χ4n) is 1.64. The topological polar surface area (TPSA) is 75.1 Å². The van der Waals surface area contributed by atoms with E-state index < -0.39 is 5.97 Å². The third-order valence-corrected chi connectivity index (χ3v) is 3.78. The largest absolute Gasteiger partial charge is 0.478 e. The van der Waals surface area contributed by atoms with E-state index in [1.807, 2.05) is 6.26 Å². The van der Waals surface area contributed by atoms with Gasteiger partial charge in [0.25, 0.3) is 0 Å². The highest BCUT2D eigenvalue weighted by Crippen LogP contribution is 2.17. The molecule has 6 heteroatoms. The molecule has 1 unspecified atom stereocenters. The number of anilines is 1. The monoisotopic (exact) mass is 277 g/mol. The first-order chi connectivity index (χ1) is 9.11. The summed E-state index contributed by atoms with van der Waals surface area (Å²) in [6.45, 7) is 2.88. The molecule has 1 atom stereocenters. The van der Waals surface area contributed by atoms with Crippen LogP contribution >= 0.6 is 11.8 Å². The number of hydrogen-bond donors (Lipinski definition) is 2. The molecule has 2 N–H and O–H groups in total. The predicted molar refractivity (Wildman–Crippen MR) is 78.0 cm³/mol. The van der Waals surface area contributed by atoms with Crippen molar-refractivity contribution >= 4 is 34.6 Å². The van der Waals surface area contributed by atoms with Crippen LogP contribution in [0.2, 0.25) is 0 Å². The average Bonchev–Trinajstić information content (AvgIpc) is 2.43. The number of aromatic nitrogens is 2. The second-order valence-corrected chi connectivity index (χ2v) is 5.44. The van der Waals surface area contributed by atoms with Crippen LogP contribution < -0.4 is 5.32 Å². The Kier molecular flexibility index (Phi) is 4.21. The van der Waals surface area contributed by atoms with Gasteiger partial charge in [-0.2, -0.15) is 11.8 Å². The summed E-state index contributed by atoms with van der Waals surface area (Å²) in [4.78, 5) is 19.6. The van der Waals surface area contributed by atoms with Crippen LogP contribution in [-0.4, -0.2) is 39.1 Å². The zero-order valence-corrected chi connectivity index (χ0v) is 11.6. The van der Waals surface area contributed by atoms with Crippen LogP contribution in [0.4, 0.5) is 5.95 Å². The van der Waals surface area contributed by atoms with E-state index >= 15 is 0 Å². The Balaban J connectivity index is 2.29. The molecule has 2 rings (SSSR count). The molecule has 1 aromatic carbocycles. The van der Waals surface area contributed by atoms with Gasteiger partial charge in [0, 0.05) is 23.4 Å². The summed E-state index contributed by atoms with van der Waals surface area (Å²) in [5, 5.41) is 13.2. The highest BCUT2D eigenvalue weighted by molar-refractivity contribution is 7.99. The molecule has 0 aliphatic heterocycles. The molecule has 0 aliphatic rings. The van der Waals surface area contributed by atoms with E-state index in [-0.39, 0.29) is 5.56 Å². The third kappa shape index (κ3) is 3.14. The van der Waals surface area contributed by atoms with Crippen LogP contribution in [0.1, 0.15) is 17.3 Å². The summed E-state index contributed by atoms with van der Waals surface area (Å²) < 4.78 is 0. The zero-order valence-electron chi connectivity index (χ0n) is 10.8. The van der Waals surface area contributed by atoms with Gasteiger partial charge in [-0.05, 0) is 18.4 Å². The molecule has 0 saturated carbocycles. The minimum absolute atomic E-state index is 0.224. The molecule has 0 saturated heterocycles. The molecule has 0 amide bonds. The lowest BCUT2D eigenvalue weighted by molar-refractivity contribution is 0.0699. The number of thioether (sulfide) groups is 1. The number of nitrogens with zero attached hydrogens (tertiary/aromatic N) is 2. The quantitative estimate of drug-likeness (QED) is 0.874. The molecule has 2 aromatic rings. The van der Waals surface area contributed by atoms with Crippen LogP contribution in [0.3, 0.4) is 0 Å². The van der Waals surface area contributed by atoms with Gasteiger partial charge in [-0.15, -0.1) is 0 Å². The fraction of sp³-hybridized carbons (Fsp3) is 0.308. The van der Waals surface area contributed by atoms with Crippen molar-refractivity contribution in [1.82, 2.24) is 9.97 Å². The van der Waals surface area contributed by atoms with Crippen LogP contribution in [0.5, 0.6) is 0 Å². The summed E-state index contributed by atoms with van der Waals surface area (Å²) in [6.07, 6.45) is 3.60. The van der Waals surface area contributed by atoms with Crippen molar-refractivity contribution in [3.63, 3.8) is 0 Å². The van der Waals surface area contributed by atoms with Gasteiger partial charge < -0.3 is 10.4 Å². The minimum atomic E-state index is -0.967. The second kappa shape index (κ2) is 5.88. The van der Waals surface area contributed by atoms with Crippen LogP contribution in [0.15, 0.2) is 24.4 Å². The number of carbonyl (C=O) groups is 1. The van der Waals surface area contributed by atoms with Crippen molar-refractivity contribution in [3.05, 3.63) is 30.0 Å². The first-order valence-electron chi connectivity index (χ1n) is 5.87. The Morgan fingerprint density at radius 3 is 3.00 bits per heavy atom. The Bertz CT molecular complexity index is 603. The van der Waals surface area contributed by atoms with E-state index in [4.69, 9.17) is 5.11 Å². The van der Waals surface area contributed by atoms with Gasteiger partial charge in [0.05, 0.1) is 11.1 Å². The van der Waals surface area contributed by atoms with E-state index in [0.717, 1.165) is 6.54 Å². The Morgan fingerprint density at radius 2 is 2.32 bits per heavy atom. The number of fused-ring (bicyclic) bond motifs is 1. The van der Waals surface area contributed by atoms with E-state index in [1.165, 1.54) is 0 Å². The summed E-state index contributed by atoms with van der Waals surface area (Å²) in [5.74, 6) is -0.443. The summed E-state index contributed by atoms with van der Waals surface area (Å²) in [5.41, 5.74) is 0.857. The number of aromatic carboxylic acids is 1. The van der Waals surface area contributed by atoms with Crippen molar-refractivity contribution in [1.29, 1.82) is 0 Å². The molecule has 0 bridgehead atoms. The Morgan fingerprint density at radius 1 is 1.53 bits per heavy atom. The van der Waals surface area contributed by atoms with Crippen molar-refractivity contribution < 1.29 is 9.90 Å². The molecule has 0 radical (unpaired) electrons. The number of rotatable bonds is 5. The third-order valence-electron chi connectivity index (χ3n) is 2.81. The van der Waals surface area contributed by atoms with E-state index in [0.29, 0.717) is 22.1 Å². The molecule has 100 valence electrons. The van der Waals surface area contributed by atoms with Crippen LogP contribution in [-0.2, 0) is 0 Å². The maximum Gasteiger partial charge on any atom is 0.336 e. The smallest absolute Gasteiger partial charge is 0.336 e. The molecule has 0 spiro atoms. The molecular formula is C13H15N3O2S. The predicted octanol–water partition coefficient (Wildman–Crippen LogP) is 2.49. The van der Waals surface area contributed by atoms with Gasteiger partial charge in [0.2, 0.25) is 5.95 Å². The van der Waals surface area contributed by atoms with E-state index in [2.05, 4.69) is 22.2 Å². The van der Waals surface area contributed by atoms with Crippen molar-refractivity contribution in [2.75, 3.05) is 18.1 Å². The maximum absolute atomic E-state index is 11.1. The molecule has 1 heterocycles. The van der Waals surface area contributed by atoms with Crippen LogP contribution in [0.25, 0.3) is 10.9 Å². The fourth-order valence-corrected chi connectivity index (χ4v) is 1.89. The molecule has 19 heavy (non-hydrogen) atoms. The Hall–Kier alpha value is -1.82. The van der Waals surface area contributed by atoms with Crippen molar-refractivity contribution in [3.8, 4) is 0 Å². The van der Waals surface area contributed by atoms with E-state index in [1.54, 1.807) is 36.2 Å².